The minimum absolute atomic E-state index is 0.00605. The number of amides is 3. The topological polar surface area (TPSA) is 87.2 Å². The van der Waals surface area contributed by atoms with Crippen molar-refractivity contribution in [2.75, 3.05) is 39.3 Å². The standard InChI is InChI=1S/C33H37N3O5/c37-25-15-23-19-36(20-24(23)16-25)33(40)41-30-28-17-21(31(38)34-11-3-1-4-12-34)7-9-26(28)27-10-8-22(18-29(27)30)32(39)35-13-5-2-6-14-35/h7-10,17-18,23-24,30H,1-6,11-16,19-20H2. The van der Waals surface area contributed by atoms with Gasteiger partial charge in [0.1, 0.15) is 5.78 Å². The third-order valence-corrected chi connectivity index (χ3v) is 9.77. The molecule has 3 amide bonds. The molecule has 2 aromatic rings. The average molecular weight is 556 g/mol. The van der Waals surface area contributed by atoms with Crippen LogP contribution in [0.2, 0.25) is 0 Å². The van der Waals surface area contributed by atoms with Gasteiger partial charge >= 0.3 is 6.09 Å². The molecule has 41 heavy (non-hydrogen) atoms. The lowest BCUT2D eigenvalue weighted by molar-refractivity contribution is -0.118. The van der Waals surface area contributed by atoms with Crippen molar-refractivity contribution in [2.24, 2.45) is 11.8 Å². The van der Waals surface area contributed by atoms with Gasteiger partial charge in [0.05, 0.1) is 0 Å². The zero-order valence-corrected chi connectivity index (χ0v) is 23.5. The van der Waals surface area contributed by atoms with E-state index in [0.717, 1.165) is 87.0 Å². The Labute approximate surface area is 240 Å². The van der Waals surface area contributed by atoms with E-state index in [9.17, 15) is 19.2 Å². The fourth-order valence-corrected chi connectivity index (χ4v) is 7.56. The van der Waals surface area contributed by atoms with Crippen molar-refractivity contribution in [3.8, 4) is 11.1 Å². The number of Topliss-reactive ketones (excluding diaryl/α,β-unsaturated/α-hetero) is 1. The molecule has 2 aromatic carbocycles. The van der Waals surface area contributed by atoms with Crippen molar-refractivity contribution >= 4 is 23.7 Å². The van der Waals surface area contributed by atoms with Gasteiger partial charge in [-0.25, -0.2) is 4.79 Å². The fourth-order valence-electron chi connectivity index (χ4n) is 7.56. The van der Waals surface area contributed by atoms with Crippen LogP contribution in [0.5, 0.6) is 0 Å². The normalized spacial score (nSPS) is 23.8. The first-order valence-corrected chi connectivity index (χ1v) is 15.3. The zero-order chi connectivity index (χ0) is 28.1. The van der Waals surface area contributed by atoms with E-state index in [0.29, 0.717) is 37.1 Å². The maximum atomic E-state index is 13.5. The second-order valence-corrected chi connectivity index (χ2v) is 12.4. The van der Waals surface area contributed by atoms with Gasteiger partial charge in [-0.2, -0.15) is 0 Å². The first kappa shape index (κ1) is 26.2. The van der Waals surface area contributed by atoms with Gasteiger partial charge in [-0.3, -0.25) is 14.4 Å². The van der Waals surface area contributed by atoms with Gasteiger partial charge in [-0.05, 0) is 85.8 Å². The van der Waals surface area contributed by atoms with E-state index in [1.807, 2.05) is 46.2 Å². The van der Waals surface area contributed by atoms with Crippen molar-refractivity contribution in [1.82, 2.24) is 14.7 Å². The number of carbonyl (C=O) groups is 4. The molecule has 2 unspecified atom stereocenters. The van der Waals surface area contributed by atoms with Crippen LogP contribution < -0.4 is 0 Å². The fraction of sp³-hybridized carbons (Fsp3) is 0.515. The smallest absolute Gasteiger partial charge is 0.410 e. The average Bonchev–Trinajstić information content (AvgIpc) is 3.66. The molecule has 1 saturated carbocycles. The quantitative estimate of drug-likeness (QED) is 0.529. The number of ketones is 1. The van der Waals surface area contributed by atoms with Gasteiger partial charge in [-0.1, -0.05) is 12.1 Å². The Hall–Kier alpha value is -3.68. The van der Waals surface area contributed by atoms with Crippen LogP contribution in [0.4, 0.5) is 4.79 Å². The SMILES string of the molecule is O=C1CC2CN(C(=O)OC3c4cc(C(=O)N5CCCCC5)ccc4-c4ccc(C(=O)N5CCCCC5)cc43)CC2C1. The van der Waals surface area contributed by atoms with E-state index in [2.05, 4.69) is 0 Å². The van der Waals surface area contributed by atoms with E-state index >= 15 is 0 Å². The van der Waals surface area contributed by atoms with Gasteiger partial charge in [0, 0.05) is 74.4 Å². The number of likely N-dealkylation sites (tertiary alicyclic amines) is 3. The summed E-state index contributed by atoms with van der Waals surface area (Å²) in [5.41, 5.74) is 4.61. The Morgan fingerprint density at radius 1 is 0.634 bits per heavy atom. The number of fused-ring (bicyclic) bond motifs is 4. The number of ether oxygens (including phenoxy) is 1. The second-order valence-electron chi connectivity index (χ2n) is 12.4. The molecule has 3 saturated heterocycles. The molecule has 0 radical (unpaired) electrons. The van der Waals surface area contributed by atoms with Crippen LogP contribution in [0.25, 0.3) is 11.1 Å². The predicted octanol–water partition coefficient (Wildman–Crippen LogP) is 5.06. The molecular weight excluding hydrogens is 518 g/mol. The molecule has 2 aliphatic carbocycles. The summed E-state index contributed by atoms with van der Waals surface area (Å²) in [4.78, 5) is 57.8. The molecule has 0 N–H and O–H groups in total. The summed E-state index contributed by atoms with van der Waals surface area (Å²) in [6.07, 6.45) is 6.30. The lowest BCUT2D eigenvalue weighted by Crippen LogP contribution is -2.35. The highest BCUT2D eigenvalue weighted by Crippen LogP contribution is 2.47. The summed E-state index contributed by atoms with van der Waals surface area (Å²) in [7, 11) is 0. The molecular formula is C33H37N3O5. The van der Waals surface area contributed by atoms with Crippen LogP contribution in [0.15, 0.2) is 36.4 Å². The highest BCUT2D eigenvalue weighted by Gasteiger charge is 2.43. The number of hydrogen-bond acceptors (Lipinski definition) is 5. The van der Waals surface area contributed by atoms with E-state index < -0.39 is 12.2 Å². The van der Waals surface area contributed by atoms with Crippen LogP contribution in [-0.2, 0) is 9.53 Å². The van der Waals surface area contributed by atoms with Gasteiger partial charge in [0.15, 0.2) is 6.10 Å². The van der Waals surface area contributed by atoms with Crippen molar-refractivity contribution < 1.29 is 23.9 Å². The first-order chi connectivity index (χ1) is 20.0. The number of hydrogen-bond donors (Lipinski definition) is 0. The van der Waals surface area contributed by atoms with Gasteiger partial charge in [0.2, 0.25) is 0 Å². The minimum Gasteiger partial charge on any atom is -0.436 e. The summed E-state index contributed by atoms with van der Waals surface area (Å²) in [6.45, 7) is 4.10. The third kappa shape index (κ3) is 4.81. The highest BCUT2D eigenvalue weighted by molar-refractivity contribution is 5.98. The maximum absolute atomic E-state index is 13.5. The monoisotopic (exact) mass is 555 g/mol. The van der Waals surface area contributed by atoms with Crippen molar-refractivity contribution in [1.29, 1.82) is 0 Å². The Morgan fingerprint density at radius 2 is 1.10 bits per heavy atom. The lowest BCUT2D eigenvalue weighted by Gasteiger charge is -2.27. The van der Waals surface area contributed by atoms with E-state index in [1.54, 1.807) is 4.90 Å². The molecule has 4 fully saturated rings. The molecule has 7 rings (SSSR count). The zero-order valence-electron chi connectivity index (χ0n) is 23.5. The number of nitrogens with zero attached hydrogens (tertiary/aromatic N) is 3. The maximum Gasteiger partial charge on any atom is 0.410 e. The second kappa shape index (κ2) is 10.6. The van der Waals surface area contributed by atoms with Crippen molar-refractivity contribution in [3.05, 3.63) is 58.7 Å². The van der Waals surface area contributed by atoms with Crippen LogP contribution in [0.1, 0.15) is 89.3 Å². The molecule has 3 heterocycles. The number of benzene rings is 2. The van der Waals surface area contributed by atoms with E-state index in [1.165, 1.54) is 0 Å². The molecule has 5 aliphatic rings. The summed E-state index contributed by atoms with van der Waals surface area (Å²) < 4.78 is 6.25. The minimum atomic E-state index is -0.710. The summed E-state index contributed by atoms with van der Waals surface area (Å²) in [6, 6.07) is 11.4. The van der Waals surface area contributed by atoms with Crippen molar-refractivity contribution in [2.45, 2.75) is 57.5 Å². The Kier molecular flexibility index (Phi) is 6.79. The molecule has 3 aliphatic heterocycles. The number of rotatable bonds is 3. The molecule has 214 valence electrons. The molecule has 0 aromatic heterocycles. The highest BCUT2D eigenvalue weighted by atomic mass is 16.6. The predicted molar refractivity (Wildman–Crippen MR) is 153 cm³/mol. The van der Waals surface area contributed by atoms with E-state index in [4.69, 9.17) is 4.74 Å². The Bertz CT molecular complexity index is 1310. The third-order valence-electron chi connectivity index (χ3n) is 9.77. The van der Waals surface area contributed by atoms with Gasteiger partial charge < -0.3 is 19.4 Å². The van der Waals surface area contributed by atoms with Gasteiger partial charge in [-0.15, -0.1) is 0 Å². The van der Waals surface area contributed by atoms with Gasteiger partial charge in [0.25, 0.3) is 11.8 Å². The molecule has 0 bridgehead atoms. The summed E-state index contributed by atoms with van der Waals surface area (Å²) >= 11 is 0. The first-order valence-electron chi connectivity index (χ1n) is 15.3. The lowest BCUT2D eigenvalue weighted by atomic mass is 10.0. The Morgan fingerprint density at radius 3 is 1.56 bits per heavy atom. The Balaban J connectivity index is 1.20. The van der Waals surface area contributed by atoms with E-state index in [-0.39, 0.29) is 29.4 Å². The van der Waals surface area contributed by atoms with Crippen LogP contribution in [0.3, 0.4) is 0 Å². The van der Waals surface area contributed by atoms with Crippen LogP contribution in [-0.4, -0.2) is 77.7 Å². The molecule has 8 nitrogen and oxygen atoms in total. The number of piperidine rings is 2. The molecule has 2 atom stereocenters. The summed E-state index contributed by atoms with van der Waals surface area (Å²) in [5, 5.41) is 0. The largest absolute Gasteiger partial charge is 0.436 e. The van der Waals surface area contributed by atoms with Crippen molar-refractivity contribution in [3.63, 3.8) is 0 Å². The molecule has 8 heteroatoms. The summed E-state index contributed by atoms with van der Waals surface area (Å²) in [5.74, 6) is 0.711. The van der Waals surface area contributed by atoms with Crippen LogP contribution >= 0.6 is 0 Å². The number of carbonyl (C=O) groups excluding carboxylic acids is 4. The molecule has 0 spiro atoms. The van der Waals surface area contributed by atoms with Crippen LogP contribution in [0, 0.1) is 11.8 Å².